The summed E-state index contributed by atoms with van der Waals surface area (Å²) in [4.78, 5) is 0. The Bertz CT molecular complexity index is 440. The highest BCUT2D eigenvalue weighted by Crippen LogP contribution is 2.67. The van der Waals surface area contributed by atoms with E-state index in [-0.39, 0.29) is 5.82 Å². The fourth-order valence-electron chi connectivity index (χ4n) is 2.87. The van der Waals surface area contributed by atoms with E-state index in [4.69, 9.17) is 0 Å². The van der Waals surface area contributed by atoms with Gasteiger partial charge in [0.1, 0.15) is 5.82 Å². The van der Waals surface area contributed by atoms with Crippen molar-refractivity contribution in [2.24, 2.45) is 16.7 Å². The van der Waals surface area contributed by atoms with Gasteiger partial charge in [-0.15, -0.1) is 0 Å². The summed E-state index contributed by atoms with van der Waals surface area (Å²) in [6.45, 7) is 10.8. The van der Waals surface area contributed by atoms with Crippen molar-refractivity contribution in [2.45, 2.75) is 34.2 Å². The van der Waals surface area contributed by atoms with E-state index in [1.54, 1.807) is 6.07 Å². The van der Waals surface area contributed by atoms with Crippen molar-refractivity contribution in [3.05, 3.63) is 34.1 Å². The summed E-state index contributed by atoms with van der Waals surface area (Å²) < 4.78 is 14.5. The van der Waals surface area contributed by atoms with Crippen LogP contribution in [0.5, 0.6) is 0 Å². The van der Waals surface area contributed by atoms with Gasteiger partial charge in [-0.2, -0.15) is 0 Å². The minimum absolute atomic E-state index is 0.139. The van der Waals surface area contributed by atoms with E-state index in [1.807, 2.05) is 6.07 Å². The fourth-order valence-corrected chi connectivity index (χ4v) is 3.28. The highest BCUT2D eigenvalue weighted by Gasteiger charge is 2.63. The summed E-state index contributed by atoms with van der Waals surface area (Å²) in [6, 6.07) is 5.07. The number of halogens is 2. The maximum absolute atomic E-state index is 13.6. The van der Waals surface area contributed by atoms with Crippen molar-refractivity contribution in [3.63, 3.8) is 0 Å². The highest BCUT2D eigenvalue weighted by molar-refractivity contribution is 9.10. The second kappa shape index (κ2) is 4.61. The van der Waals surface area contributed by atoms with Gasteiger partial charge in [-0.05, 0) is 41.5 Å². The molecule has 1 N–H and O–H groups in total. The number of benzene rings is 1. The molecule has 1 aliphatic carbocycles. The Kier molecular flexibility index (Phi) is 3.58. The van der Waals surface area contributed by atoms with Gasteiger partial charge in [-0.1, -0.05) is 43.6 Å². The number of hydrogen-bond donors (Lipinski definition) is 1. The molecule has 0 bridgehead atoms. The van der Waals surface area contributed by atoms with Crippen molar-refractivity contribution in [3.8, 4) is 0 Å². The monoisotopic (exact) mass is 313 g/mol. The Morgan fingerprint density at radius 3 is 2.39 bits per heavy atom. The molecule has 0 aliphatic heterocycles. The average molecular weight is 314 g/mol. The van der Waals surface area contributed by atoms with Gasteiger partial charge in [0.15, 0.2) is 0 Å². The first kappa shape index (κ1) is 14.0. The summed E-state index contributed by atoms with van der Waals surface area (Å²) in [5.41, 5.74) is 1.49. The van der Waals surface area contributed by atoms with Crippen molar-refractivity contribution in [1.82, 2.24) is 5.32 Å². The molecule has 1 aliphatic rings. The Hall–Kier alpha value is -0.410. The van der Waals surface area contributed by atoms with E-state index >= 15 is 0 Å². The largest absolute Gasteiger partial charge is 0.312 e. The van der Waals surface area contributed by atoms with Gasteiger partial charge >= 0.3 is 0 Å². The third-order valence-electron chi connectivity index (χ3n) is 4.99. The molecule has 1 aromatic carbocycles. The number of nitrogens with one attached hydrogen (secondary N) is 1. The highest BCUT2D eigenvalue weighted by atomic mass is 79.9. The predicted molar refractivity (Wildman–Crippen MR) is 76.9 cm³/mol. The molecule has 0 atom stereocenters. The third-order valence-corrected chi connectivity index (χ3v) is 5.48. The van der Waals surface area contributed by atoms with Crippen LogP contribution in [0, 0.1) is 22.6 Å². The summed E-state index contributed by atoms with van der Waals surface area (Å²) in [7, 11) is 0. The first-order chi connectivity index (χ1) is 8.26. The molecule has 1 fully saturated rings. The molecule has 18 heavy (non-hydrogen) atoms. The van der Waals surface area contributed by atoms with Crippen LogP contribution in [-0.4, -0.2) is 6.54 Å². The first-order valence-corrected chi connectivity index (χ1v) is 7.21. The van der Waals surface area contributed by atoms with Gasteiger partial charge in [-0.25, -0.2) is 4.39 Å². The van der Waals surface area contributed by atoms with Crippen molar-refractivity contribution in [1.29, 1.82) is 0 Å². The molecule has 1 saturated carbocycles. The molecule has 1 aromatic rings. The molecule has 3 heteroatoms. The smallest absolute Gasteiger partial charge is 0.127 e. The van der Waals surface area contributed by atoms with Crippen molar-refractivity contribution >= 4 is 15.9 Å². The van der Waals surface area contributed by atoms with E-state index in [2.05, 4.69) is 48.9 Å². The Morgan fingerprint density at radius 1 is 1.22 bits per heavy atom. The zero-order valence-corrected chi connectivity index (χ0v) is 13.1. The molecule has 0 heterocycles. The Morgan fingerprint density at radius 2 is 1.83 bits per heavy atom. The van der Waals surface area contributed by atoms with Gasteiger partial charge in [-0.3, -0.25) is 0 Å². The molecule has 100 valence electrons. The molecule has 2 rings (SSSR count). The lowest BCUT2D eigenvalue weighted by atomic mass is 10.0. The standard InChI is InChI=1S/C15H21BrFN/c1-14(2)13(15(14,3)4)9-18-8-10-7-11(16)5-6-12(10)17/h5-7,13,18H,8-9H2,1-4H3. The lowest BCUT2D eigenvalue weighted by Gasteiger charge is -2.07. The SMILES string of the molecule is CC1(C)C(CNCc2cc(Br)ccc2F)C1(C)C. The van der Waals surface area contributed by atoms with Gasteiger partial charge in [0, 0.05) is 16.6 Å². The molecule has 0 amide bonds. The molecule has 1 nitrogen and oxygen atoms in total. The van der Waals surface area contributed by atoms with Crippen LogP contribution in [0.15, 0.2) is 22.7 Å². The predicted octanol–water partition coefficient (Wildman–Crippen LogP) is 4.36. The van der Waals surface area contributed by atoms with E-state index in [0.29, 0.717) is 23.3 Å². The van der Waals surface area contributed by atoms with Gasteiger partial charge < -0.3 is 5.32 Å². The number of rotatable bonds is 4. The normalized spacial score (nSPS) is 21.0. The maximum Gasteiger partial charge on any atom is 0.127 e. The van der Waals surface area contributed by atoms with Gasteiger partial charge in [0.2, 0.25) is 0 Å². The molecule has 0 aromatic heterocycles. The lowest BCUT2D eigenvalue weighted by molar-refractivity contribution is 0.457. The average Bonchev–Trinajstić information content (AvgIpc) is 2.65. The minimum atomic E-state index is -0.139. The van der Waals surface area contributed by atoms with Crippen LogP contribution < -0.4 is 5.32 Å². The molecule has 0 radical (unpaired) electrons. The van der Waals surface area contributed by atoms with Gasteiger partial charge in [0.05, 0.1) is 0 Å². The van der Waals surface area contributed by atoms with E-state index in [0.717, 1.165) is 16.6 Å². The zero-order valence-electron chi connectivity index (χ0n) is 11.5. The van der Waals surface area contributed by atoms with Crippen LogP contribution in [-0.2, 0) is 6.54 Å². The summed E-state index contributed by atoms with van der Waals surface area (Å²) >= 11 is 3.37. The summed E-state index contributed by atoms with van der Waals surface area (Å²) in [5, 5.41) is 3.38. The Labute approximate surface area is 117 Å². The fraction of sp³-hybridized carbons (Fsp3) is 0.600. The topological polar surface area (TPSA) is 12.0 Å². The van der Waals surface area contributed by atoms with E-state index < -0.39 is 0 Å². The van der Waals surface area contributed by atoms with Gasteiger partial charge in [0.25, 0.3) is 0 Å². The molecule has 0 spiro atoms. The minimum Gasteiger partial charge on any atom is -0.312 e. The van der Waals surface area contributed by atoms with Crippen molar-refractivity contribution in [2.75, 3.05) is 6.54 Å². The summed E-state index contributed by atoms with van der Waals surface area (Å²) in [5.74, 6) is 0.528. The molecule has 0 unspecified atom stereocenters. The van der Waals surface area contributed by atoms with Crippen LogP contribution >= 0.6 is 15.9 Å². The van der Waals surface area contributed by atoms with Crippen LogP contribution in [0.25, 0.3) is 0 Å². The third kappa shape index (κ3) is 2.35. The van der Waals surface area contributed by atoms with Crippen molar-refractivity contribution < 1.29 is 4.39 Å². The van der Waals surface area contributed by atoms with Crippen LogP contribution in [0.2, 0.25) is 0 Å². The van der Waals surface area contributed by atoms with Crippen LogP contribution in [0.4, 0.5) is 4.39 Å². The quantitative estimate of drug-likeness (QED) is 0.871. The Balaban J connectivity index is 1.89. The zero-order chi connectivity index (χ0) is 13.6. The second-order valence-electron chi connectivity index (χ2n) is 6.36. The summed E-state index contributed by atoms with van der Waals surface area (Å²) in [6.07, 6.45) is 0. The second-order valence-corrected chi connectivity index (χ2v) is 7.28. The molecular weight excluding hydrogens is 293 g/mol. The number of hydrogen-bond acceptors (Lipinski definition) is 1. The lowest BCUT2D eigenvalue weighted by Crippen LogP contribution is -2.19. The van der Waals surface area contributed by atoms with E-state index in [9.17, 15) is 4.39 Å². The van der Waals surface area contributed by atoms with Crippen LogP contribution in [0.1, 0.15) is 33.3 Å². The first-order valence-electron chi connectivity index (χ1n) is 6.41. The molecule has 0 saturated heterocycles. The maximum atomic E-state index is 13.6. The van der Waals surface area contributed by atoms with E-state index in [1.165, 1.54) is 6.07 Å². The molecular formula is C15H21BrFN. The van der Waals surface area contributed by atoms with Crippen LogP contribution in [0.3, 0.4) is 0 Å².